The number of carbonyl (C=O) groups excluding carboxylic acids is 1. The van der Waals surface area contributed by atoms with Crippen LogP contribution in [0.15, 0.2) is 29.8 Å². The Morgan fingerprint density at radius 1 is 1.33 bits per heavy atom. The second-order valence-electron chi connectivity index (χ2n) is 4.44. The van der Waals surface area contributed by atoms with Gasteiger partial charge in [0, 0.05) is 4.88 Å². The van der Waals surface area contributed by atoms with Gasteiger partial charge in [-0.25, -0.2) is 4.79 Å². The molecule has 2 amide bonds. The van der Waals surface area contributed by atoms with E-state index in [-0.39, 0.29) is 12.5 Å². The Kier molecular flexibility index (Phi) is 4.89. The van der Waals surface area contributed by atoms with Crippen molar-refractivity contribution in [3.63, 3.8) is 0 Å². The molecule has 2 rings (SSSR count). The van der Waals surface area contributed by atoms with Crippen LogP contribution < -0.4 is 10.6 Å². The van der Waals surface area contributed by atoms with Crippen LogP contribution in [0.1, 0.15) is 16.1 Å². The van der Waals surface area contributed by atoms with Crippen molar-refractivity contribution in [2.45, 2.75) is 19.9 Å². The molecule has 2 aromatic heterocycles. The van der Waals surface area contributed by atoms with Gasteiger partial charge < -0.3 is 15.7 Å². The highest BCUT2D eigenvalue weighted by Crippen LogP contribution is 2.15. The van der Waals surface area contributed by atoms with Gasteiger partial charge in [0.05, 0.1) is 30.5 Å². The summed E-state index contributed by atoms with van der Waals surface area (Å²) in [6.07, 6.45) is 1.30. The van der Waals surface area contributed by atoms with E-state index in [0.717, 1.165) is 10.4 Å². The number of nitrogens with one attached hydrogen (secondary N) is 2. The van der Waals surface area contributed by atoms with E-state index in [2.05, 4.69) is 15.6 Å². The molecule has 0 fully saturated rings. The van der Waals surface area contributed by atoms with Crippen LogP contribution in [0.2, 0.25) is 0 Å². The molecule has 0 aliphatic carbocycles. The molecule has 0 unspecified atom stereocenters. The number of anilines is 1. The lowest BCUT2D eigenvalue weighted by Crippen LogP contribution is -2.28. The minimum Gasteiger partial charge on any atom is -0.481 e. The summed E-state index contributed by atoms with van der Waals surface area (Å²) in [5, 5.41) is 16.0. The zero-order valence-electron chi connectivity index (χ0n) is 11.4. The van der Waals surface area contributed by atoms with E-state index in [4.69, 9.17) is 5.11 Å². The Labute approximate surface area is 125 Å². The molecule has 0 atom stereocenters. The van der Waals surface area contributed by atoms with E-state index in [9.17, 15) is 9.59 Å². The van der Waals surface area contributed by atoms with Gasteiger partial charge in [-0.1, -0.05) is 0 Å². The number of hydrogen-bond acceptors (Lipinski definition) is 4. The minimum atomic E-state index is -0.938. The molecule has 0 radical (unpaired) electrons. The Bertz CT molecular complexity index is 637. The lowest BCUT2D eigenvalue weighted by atomic mass is 10.2. The zero-order valence-corrected chi connectivity index (χ0v) is 12.2. The van der Waals surface area contributed by atoms with Gasteiger partial charge in [-0.15, -0.1) is 11.3 Å². The number of aryl methyl sites for hydroxylation is 1. The third kappa shape index (κ3) is 4.57. The predicted octanol–water partition coefficient (Wildman–Crippen LogP) is 2.40. The van der Waals surface area contributed by atoms with Crippen LogP contribution in [-0.4, -0.2) is 22.1 Å². The topological polar surface area (TPSA) is 91.3 Å². The molecule has 0 aliphatic rings. The number of carbonyl (C=O) groups is 2. The summed E-state index contributed by atoms with van der Waals surface area (Å²) in [6, 6.07) is 4.88. The van der Waals surface area contributed by atoms with E-state index in [1.807, 2.05) is 18.4 Å². The second-order valence-corrected chi connectivity index (χ2v) is 5.44. The highest BCUT2D eigenvalue weighted by molar-refractivity contribution is 7.10. The molecule has 0 aliphatic heterocycles. The molecule has 0 saturated heterocycles. The number of aliphatic carboxylic acids is 1. The second kappa shape index (κ2) is 6.85. The molecule has 2 heterocycles. The molecule has 0 aromatic carbocycles. The molecule has 0 saturated carbocycles. The zero-order chi connectivity index (χ0) is 15.2. The molecule has 2 aromatic rings. The molecule has 7 heteroatoms. The SMILES string of the molecule is Cc1ccsc1CNC(=O)Nc1ccc(CC(=O)O)nc1. The van der Waals surface area contributed by atoms with Gasteiger partial charge in [0.2, 0.25) is 0 Å². The van der Waals surface area contributed by atoms with E-state index in [0.29, 0.717) is 17.9 Å². The van der Waals surface area contributed by atoms with Crippen LogP contribution >= 0.6 is 11.3 Å². The molecule has 3 N–H and O–H groups in total. The lowest BCUT2D eigenvalue weighted by Gasteiger charge is -2.07. The lowest BCUT2D eigenvalue weighted by molar-refractivity contribution is -0.136. The minimum absolute atomic E-state index is 0.135. The first-order valence-electron chi connectivity index (χ1n) is 6.29. The van der Waals surface area contributed by atoms with Gasteiger partial charge in [0.1, 0.15) is 0 Å². The largest absolute Gasteiger partial charge is 0.481 e. The maximum absolute atomic E-state index is 11.7. The number of hydrogen-bond donors (Lipinski definition) is 3. The fraction of sp³-hybridized carbons (Fsp3) is 0.214. The summed E-state index contributed by atoms with van der Waals surface area (Å²) < 4.78 is 0. The van der Waals surface area contributed by atoms with E-state index in [1.54, 1.807) is 23.5 Å². The number of pyridine rings is 1. The average Bonchev–Trinajstić information content (AvgIpc) is 2.84. The van der Waals surface area contributed by atoms with E-state index >= 15 is 0 Å². The smallest absolute Gasteiger partial charge is 0.319 e. The molecule has 0 spiro atoms. The number of carboxylic acids is 1. The van der Waals surface area contributed by atoms with Crippen LogP contribution in [0.3, 0.4) is 0 Å². The standard InChI is InChI=1S/C14H15N3O3S/c1-9-4-5-21-12(9)8-16-14(20)17-11-3-2-10(15-7-11)6-13(18)19/h2-5,7H,6,8H2,1H3,(H,18,19)(H2,16,17,20). The summed E-state index contributed by atoms with van der Waals surface area (Å²) in [5.41, 5.74) is 2.12. The predicted molar refractivity (Wildman–Crippen MR) is 80.5 cm³/mol. The number of rotatable bonds is 5. The van der Waals surface area contributed by atoms with Crippen molar-refractivity contribution in [3.05, 3.63) is 45.9 Å². The molecule has 21 heavy (non-hydrogen) atoms. The van der Waals surface area contributed by atoms with Crippen molar-refractivity contribution in [2.75, 3.05) is 5.32 Å². The van der Waals surface area contributed by atoms with Crippen molar-refractivity contribution in [3.8, 4) is 0 Å². The van der Waals surface area contributed by atoms with Crippen molar-refractivity contribution in [1.29, 1.82) is 0 Å². The van der Waals surface area contributed by atoms with Gasteiger partial charge in [0.25, 0.3) is 0 Å². The summed E-state index contributed by atoms with van der Waals surface area (Å²) in [4.78, 5) is 27.4. The number of urea groups is 1. The van der Waals surface area contributed by atoms with Gasteiger partial charge in [-0.05, 0) is 36.1 Å². The highest BCUT2D eigenvalue weighted by atomic mass is 32.1. The van der Waals surface area contributed by atoms with Gasteiger partial charge >= 0.3 is 12.0 Å². The first-order valence-corrected chi connectivity index (χ1v) is 7.17. The van der Waals surface area contributed by atoms with Gasteiger partial charge in [-0.3, -0.25) is 9.78 Å². The fourth-order valence-corrected chi connectivity index (χ4v) is 2.52. The Morgan fingerprint density at radius 3 is 2.71 bits per heavy atom. The van der Waals surface area contributed by atoms with Gasteiger partial charge in [-0.2, -0.15) is 0 Å². The van der Waals surface area contributed by atoms with E-state index < -0.39 is 5.97 Å². The monoisotopic (exact) mass is 305 g/mol. The Hall–Kier alpha value is -2.41. The maximum atomic E-state index is 11.7. The first-order chi connectivity index (χ1) is 10.0. The molecular weight excluding hydrogens is 290 g/mol. The fourth-order valence-electron chi connectivity index (χ4n) is 1.68. The third-order valence-electron chi connectivity index (χ3n) is 2.79. The van der Waals surface area contributed by atoms with Crippen LogP contribution in [-0.2, 0) is 17.8 Å². The number of nitrogens with zero attached hydrogens (tertiary/aromatic N) is 1. The van der Waals surface area contributed by atoms with Crippen molar-refractivity contribution >= 4 is 29.0 Å². The van der Waals surface area contributed by atoms with Crippen LogP contribution in [0, 0.1) is 6.92 Å². The first kappa shape index (κ1) is 15.0. The molecular formula is C14H15N3O3S. The normalized spacial score (nSPS) is 10.1. The van der Waals surface area contributed by atoms with Crippen molar-refractivity contribution in [1.82, 2.24) is 10.3 Å². The number of aromatic nitrogens is 1. The number of thiophene rings is 1. The maximum Gasteiger partial charge on any atom is 0.319 e. The highest BCUT2D eigenvalue weighted by Gasteiger charge is 2.06. The number of amides is 2. The molecule has 6 nitrogen and oxygen atoms in total. The summed E-state index contributed by atoms with van der Waals surface area (Å²) >= 11 is 1.60. The average molecular weight is 305 g/mol. The summed E-state index contributed by atoms with van der Waals surface area (Å²) in [6.45, 7) is 2.47. The van der Waals surface area contributed by atoms with Crippen LogP contribution in [0.4, 0.5) is 10.5 Å². The summed E-state index contributed by atoms with van der Waals surface area (Å²) in [7, 11) is 0. The van der Waals surface area contributed by atoms with Crippen LogP contribution in [0.5, 0.6) is 0 Å². The summed E-state index contributed by atoms with van der Waals surface area (Å²) in [5.74, 6) is -0.938. The van der Waals surface area contributed by atoms with Crippen LogP contribution in [0.25, 0.3) is 0 Å². The quantitative estimate of drug-likeness (QED) is 0.791. The Morgan fingerprint density at radius 2 is 2.14 bits per heavy atom. The third-order valence-corrected chi connectivity index (χ3v) is 3.82. The van der Waals surface area contributed by atoms with Crippen molar-refractivity contribution < 1.29 is 14.7 Å². The molecule has 110 valence electrons. The number of carboxylic acid groups (broad SMARTS) is 1. The van der Waals surface area contributed by atoms with E-state index in [1.165, 1.54) is 6.20 Å². The van der Waals surface area contributed by atoms with Crippen molar-refractivity contribution in [2.24, 2.45) is 0 Å². The Balaban J connectivity index is 1.85. The molecule has 0 bridgehead atoms. The van der Waals surface area contributed by atoms with Gasteiger partial charge in [0.15, 0.2) is 0 Å².